The molecule has 0 aromatic carbocycles. The van der Waals surface area contributed by atoms with Crippen molar-refractivity contribution >= 4 is 22.7 Å². The van der Waals surface area contributed by atoms with Gasteiger partial charge in [-0.25, -0.2) is 0 Å². The number of rotatable bonds is 5. The Morgan fingerprint density at radius 3 is 2.40 bits per heavy atom. The molecule has 2 aromatic heterocycles. The topological polar surface area (TPSA) is 12.0 Å². The summed E-state index contributed by atoms with van der Waals surface area (Å²) in [6, 6.07) is 9.94. The van der Waals surface area contributed by atoms with Crippen LogP contribution in [0.15, 0.2) is 35.0 Å². The van der Waals surface area contributed by atoms with E-state index in [1.165, 1.54) is 41.9 Å². The molecule has 3 heteroatoms. The number of hydrogen-bond acceptors (Lipinski definition) is 3. The first-order valence-corrected chi connectivity index (χ1v) is 9.45. The van der Waals surface area contributed by atoms with Crippen LogP contribution in [-0.2, 0) is 0 Å². The molecular weight excluding hydrogens is 282 g/mol. The summed E-state index contributed by atoms with van der Waals surface area (Å²) in [5, 5.41) is 8.32. The smallest absolute Gasteiger partial charge is 0.0766 e. The fourth-order valence-electron chi connectivity index (χ4n) is 3.26. The second-order valence-electron chi connectivity index (χ2n) is 5.77. The highest BCUT2D eigenvalue weighted by Crippen LogP contribution is 2.33. The lowest BCUT2D eigenvalue weighted by atomic mass is 9.84. The van der Waals surface area contributed by atoms with Crippen molar-refractivity contribution in [2.24, 2.45) is 5.92 Å². The van der Waals surface area contributed by atoms with Gasteiger partial charge in [-0.15, -0.1) is 22.7 Å². The Morgan fingerprint density at radius 1 is 1.15 bits per heavy atom. The van der Waals surface area contributed by atoms with E-state index in [1.54, 1.807) is 0 Å². The van der Waals surface area contributed by atoms with Gasteiger partial charge < -0.3 is 5.32 Å². The highest BCUT2D eigenvalue weighted by atomic mass is 32.1. The van der Waals surface area contributed by atoms with Crippen molar-refractivity contribution in [3.8, 4) is 0 Å². The van der Waals surface area contributed by atoms with Crippen molar-refractivity contribution in [1.82, 2.24) is 5.32 Å². The third-order valence-electron chi connectivity index (χ3n) is 4.42. The predicted molar refractivity (Wildman–Crippen MR) is 89.7 cm³/mol. The minimum absolute atomic E-state index is 0.399. The molecule has 1 aliphatic carbocycles. The second kappa shape index (κ2) is 6.88. The maximum absolute atomic E-state index is 3.95. The number of thiophene rings is 2. The lowest BCUT2D eigenvalue weighted by molar-refractivity contribution is 0.271. The van der Waals surface area contributed by atoms with E-state index in [9.17, 15) is 0 Å². The van der Waals surface area contributed by atoms with Crippen molar-refractivity contribution in [2.75, 3.05) is 0 Å². The van der Waals surface area contributed by atoms with Gasteiger partial charge in [0.25, 0.3) is 0 Å². The summed E-state index contributed by atoms with van der Waals surface area (Å²) < 4.78 is 0. The Hall–Kier alpha value is -0.640. The van der Waals surface area contributed by atoms with Crippen LogP contribution in [0.3, 0.4) is 0 Å². The van der Waals surface area contributed by atoms with E-state index in [0.29, 0.717) is 12.1 Å². The SMILES string of the molecule is CCC1CCCC(NC(c2cccs2)c2cccs2)C1. The monoisotopic (exact) mass is 305 g/mol. The molecule has 0 radical (unpaired) electrons. The fourth-order valence-corrected chi connectivity index (χ4v) is 4.94. The Labute approximate surface area is 130 Å². The Bertz CT molecular complexity index is 455. The van der Waals surface area contributed by atoms with Crippen LogP contribution >= 0.6 is 22.7 Å². The highest BCUT2D eigenvalue weighted by Gasteiger charge is 2.25. The average molecular weight is 306 g/mol. The normalized spacial score (nSPS) is 23.3. The van der Waals surface area contributed by atoms with Gasteiger partial charge in [0.2, 0.25) is 0 Å². The van der Waals surface area contributed by atoms with Gasteiger partial charge in [-0.3, -0.25) is 0 Å². The molecule has 1 saturated carbocycles. The number of nitrogens with one attached hydrogen (secondary N) is 1. The van der Waals surface area contributed by atoms with Gasteiger partial charge in [-0.05, 0) is 41.7 Å². The standard InChI is InChI=1S/C17H23NS2/c1-2-13-6-3-7-14(12-13)18-17(15-8-4-10-19-15)16-9-5-11-20-16/h4-5,8-11,13-14,17-18H,2-3,6-7,12H2,1H3. The summed E-state index contributed by atoms with van der Waals surface area (Å²) in [5.74, 6) is 0.925. The largest absolute Gasteiger partial charge is 0.302 e. The molecule has 0 spiro atoms. The van der Waals surface area contributed by atoms with Crippen LogP contribution in [-0.4, -0.2) is 6.04 Å². The highest BCUT2D eigenvalue weighted by molar-refractivity contribution is 7.11. The molecule has 0 saturated heterocycles. The van der Waals surface area contributed by atoms with E-state index in [4.69, 9.17) is 0 Å². The van der Waals surface area contributed by atoms with Gasteiger partial charge >= 0.3 is 0 Å². The lowest BCUT2D eigenvalue weighted by Gasteiger charge is -2.32. The molecule has 1 nitrogen and oxygen atoms in total. The van der Waals surface area contributed by atoms with Gasteiger partial charge in [-0.2, -0.15) is 0 Å². The first kappa shape index (κ1) is 14.3. The van der Waals surface area contributed by atoms with Crippen molar-refractivity contribution in [3.05, 3.63) is 44.8 Å². The molecule has 108 valence electrons. The van der Waals surface area contributed by atoms with E-state index >= 15 is 0 Å². The third kappa shape index (κ3) is 3.33. The summed E-state index contributed by atoms with van der Waals surface area (Å²) in [6.07, 6.45) is 6.84. The summed E-state index contributed by atoms with van der Waals surface area (Å²) in [6.45, 7) is 2.34. The van der Waals surface area contributed by atoms with Crippen molar-refractivity contribution in [3.63, 3.8) is 0 Å². The molecule has 2 unspecified atom stereocenters. The molecule has 0 bridgehead atoms. The summed E-state index contributed by atoms with van der Waals surface area (Å²) in [5.41, 5.74) is 0. The third-order valence-corrected chi connectivity index (χ3v) is 6.29. The lowest BCUT2D eigenvalue weighted by Crippen LogP contribution is -2.36. The Kier molecular flexibility index (Phi) is 4.92. The molecule has 20 heavy (non-hydrogen) atoms. The first-order valence-electron chi connectivity index (χ1n) is 7.69. The van der Waals surface area contributed by atoms with Crippen LogP contribution in [0.1, 0.15) is 54.8 Å². The Balaban J connectivity index is 1.74. The summed E-state index contributed by atoms with van der Waals surface area (Å²) >= 11 is 3.74. The molecule has 0 aliphatic heterocycles. The quantitative estimate of drug-likeness (QED) is 0.773. The molecule has 2 aromatic rings. The zero-order valence-electron chi connectivity index (χ0n) is 12.0. The minimum Gasteiger partial charge on any atom is -0.302 e. The molecule has 1 fully saturated rings. The molecule has 3 rings (SSSR count). The van der Waals surface area contributed by atoms with Gasteiger partial charge in [0, 0.05) is 15.8 Å². The van der Waals surface area contributed by atoms with E-state index < -0.39 is 0 Å². The van der Waals surface area contributed by atoms with Crippen LogP contribution < -0.4 is 5.32 Å². The van der Waals surface area contributed by atoms with E-state index in [-0.39, 0.29) is 0 Å². The van der Waals surface area contributed by atoms with Gasteiger partial charge in [-0.1, -0.05) is 38.3 Å². The zero-order chi connectivity index (χ0) is 13.8. The van der Waals surface area contributed by atoms with E-state index in [1.807, 2.05) is 22.7 Å². The van der Waals surface area contributed by atoms with Crippen LogP contribution in [0.5, 0.6) is 0 Å². The summed E-state index contributed by atoms with van der Waals surface area (Å²) in [4.78, 5) is 2.90. The van der Waals surface area contributed by atoms with Crippen LogP contribution in [0.25, 0.3) is 0 Å². The van der Waals surface area contributed by atoms with Crippen LogP contribution in [0.2, 0.25) is 0 Å². The molecule has 2 atom stereocenters. The van der Waals surface area contributed by atoms with Crippen molar-refractivity contribution in [2.45, 2.75) is 51.1 Å². The van der Waals surface area contributed by atoms with Gasteiger partial charge in [0.1, 0.15) is 0 Å². The van der Waals surface area contributed by atoms with Gasteiger partial charge in [0.15, 0.2) is 0 Å². The molecule has 1 aliphatic rings. The first-order chi connectivity index (χ1) is 9.86. The molecule has 2 heterocycles. The average Bonchev–Trinajstić information content (AvgIpc) is 3.18. The molecule has 0 amide bonds. The Morgan fingerprint density at radius 2 is 1.85 bits per heavy atom. The van der Waals surface area contributed by atoms with Crippen LogP contribution in [0, 0.1) is 5.92 Å². The predicted octanol–water partition coefficient (Wildman–Crippen LogP) is 5.46. The molecule has 1 N–H and O–H groups in total. The zero-order valence-corrected chi connectivity index (χ0v) is 13.7. The second-order valence-corrected chi connectivity index (χ2v) is 7.73. The van der Waals surface area contributed by atoms with Gasteiger partial charge in [0.05, 0.1) is 6.04 Å². The molecular formula is C17H23NS2. The van der Waals surface area contributed by atoms with Crippen LogP contribution in [0.4, 0.5) is 0 Å². The maximum Gasteiger partial charge on any atom is 0.0766 e. The summed E-state index contributed by atoms with van der Waals surface area (Å²) in [7, 11) is 0. The van der Waals surface area contributed by atoms with E-state index in [0.717, 1.165) is 5.92 Å². The van der Waals surface area contributed by atoms with E-state index in [2.05, 4.69) is 47.3 Å². The van der Waals surface area contributed by atoms with Crippen molar-refractivity contribution < 1.29 is 0 Å². The van der Waals surface area contributed by atoms with Crippen molar-refractivity contribution in [1.29, 1.82) is 0 Å². The fraction of sp³-hybridized carbons (Fsp3) is 0.529. The number of hydrogen-bond donors (Lipinski definition) is 1. The minimum atomic E-state index is 0.399. The maximum atomic E-state index is 3.95.